The van der Waals surface area contributed by atoms with Crippen molar-refractivity contribution in [3.8, 4) is 0 Å². The minimum atomic E-state index is -4.19. The normalized spacial score (nSPS) is 12.0. The second-order valence-electron chi connectivity index (χ2n) is 8.88. The number of likely N-dealkylation sites (N-methyl/N-ethyl adjacent to an activating group) is 1. The van der Waals surface area contributed by atoms with Crippen LogP contribution in [0.4, 0.5) is 10.1 Å². The molecule has 0 aromatic heterocycles. The number of rotatable bonds is 10. The second-order valence-corrected chi connectivity index (χ2v) is 10.7. The Morgan fingerprint density at radius 2 is 1.59 bits per heavy atom. The molecule has 0 saturated heterocycles. The fourth-order valence-corrected chi connectivity index (χ4v) is 5.30. The molecule has 3 aromatic carbocycles. The van der Waals surface area contributed by atoms with Crippen LogP contribution in [0.15, 0.2) is 77.7 Å². The number of anilines is 1. The van der Waals surface area contributed by atoms with Crippen molar-refractivity contribution in [1.82, 2.24) is 10.2 Å². The smallest absolute Gasteiger partial charge is 0.264 e. The molecule has 1 atom stereocenters. The van der Waals surface area contributed by atoms with E-state index in [1.165, 1.54) is 29.2 Å². The number of benzene rings is 3. The van der Waals surface area contributed by atoms with E-state index < -0.39 is 34.3 Å². The molecule has 37 heavy (non-hydrogen) atoms. The van der Waals surface area contributed by atoms with Gasteiger partial charge < -0.3 is 10.2 Å². The maximum atomic E-state index is 13.7. The number of carbonyl (C=O) groups excluding carboxylic acids is 2. The van der Waals surface area contributed by atoms with Gasteiger partial charge in [-0.1, -0.05) is 47.5 Å². The monoisotopic (exact) mass is 525 g/mol. The fourth-order valence-electron chi connectivity index (χ4n) is 3.89. The van der Waals surface area contributed by atoms with Crippen LogP contribution in [0, 0.1) is 19.7 Å². The highest BCUT2D eigenvalue weighted by molar-refractivity contribution is 7.92. The molecule has 0 spiro atoms. The first kappa shape index (κ1) is 27.9. The molecular formula is C28H32FN3O4S. The first-order chi connectivity index (χ1) is 17.5. The van der Waals surface area contributed by atoms with Gasteiger partial charge in [-0.2, -0.15) is 0 Å². The third-order valence-electron chi connectivity index (χ3n) is 5.96. The number of hydrogen-bond donors (Lipinski definition) is 1. The summed E-state index contributed by atoms with van der Waals surface area (Å²) in [5.41, 5.74) is 2.81. The van der Waals surface area contributed by atoms with Crippen LogP contribution < -0.4 is 9.62 Å². The van der Waals surface area contributed by atoms with Gasteiger partial charge in [-0.05, 0) is 69.7 Å². The second kappa shape index (κ2) is 12.0. The number of nitrogens with zero attached hydrogens (tertiary/aromatic N) is 2. The van der Waals surface area contributed by atoms with Gasteiger partial charge in [0.1, 0.15) is 18.4 Å². The summed E-state index contributed by atoms with van der Waals surface area (Å²) in [7, 11) is -4.19. The van der Waals surface area contributed by atoms with Crippen molar-refractivity contribution in [2.45, 2.75) is 45.2 Å². The van der Waals surface area contributed by atoms with Crippen LogP contribution in [0.2, 0.25) is 0 Å². The van der Waals surface area contributed by atoms with Gasteiger partial charge in [-0.25, -0.2) is 12.8 Å². The van der Waals surface area contributed by atoms with Crippen LogP contribution >= 0.6 is 0 Å². The summed E-state index contributed by atoms with van der Waals surface area (Å²) in [4.78, 5) is 27.8. The summed E-state index contributed by atoms with van der Waals surface area (Å²) in [6.45, 7) is 7.07. The standard InChI is InChI=1S/C28H32FN3O4S/c1-5-30-28(34)22(4)31(18-23-8-6-7-21(3)17-23)27(33)19-32(25-13-11-24(29)12-14-25)37(35,36)26-15-9-20(2)10-16-26/h6-17,22H,5,18-19H2,1-4H3,(H,30,34)/t22-/m0/s1. The van der Waals surface area contributed by atoms with Crippen molar-refractivity contribution >= 4 is 27.5 Å². The van der Waals surface area contributed by atoms with Crippen LogP contribution in [-0.2, 0) is 26.2 Å². The molecule has 1 N–H and O–H groups in total. The Morgan fingerprint density at radius 1 is 0.946 bits per heavy atom. The zero-order valence-electron chi connectivity index (χ0n) is 21.4. The number of carbonyl (C=O) groups is 2. The largest absolute Gasteiger partial charge is 0.355 e. The molecule has 0 bridgehead atoms. The molecule has 7 nitrogen and oxygen atoms in total. The van der Waals surface area contributed by atoms with Crippen LogP contribution in [0.5, 0.6) is 0 Å². The van der Waals surface area contributed by atoms with Gasteiger partial charge >= 0.3 is 0 Å². The van der Waals surface area contributed by atoms with E-state index in [1.807, 2.05) is 38.1 Å². The van der Waals surface area contributed by atoms with E-state index in [0.717, 1.165) is 33.1 Å². The zero-order chi connectivity index (χ0) is 27.2. The Hall–Kier alpha value is -3.72. The molecule has 196 valence electrons. The summed E-state index contributed by atoms with van der Waals surface area (Å²) in [5.74, 6) is -1.45. The van der Waals surface area contributed by atoms with Crippen molar-refractivity contribution < 1.29 is 22.4 Å². The van der Waals surface area contributed by atoms with E-state index >= 15 is 0 Å². The lowest BCUT2D eigenvalue weighted by Gasteiger charge is -2.32. The lowest BCUT2D eigenvalue weighted by Crippen LogP contribution is -2.51. The summed E-state index contributed by atoms with van der Waals surface area (Å²) in [6.07, 6.45) is 0. The quantitative estimate of drug-likeness (QED) is 0.430. The van der Waals surface area contributed by atoms with Crippen LogP contribution in [0.3, 0.4) is 0 Å². The van der Waals surface area contributed by atoms with Gasteiger partial charge in [0.05, 0.1) is 10.6 Å². The van der Waals surface area contributed by atoms with Crippen LogP contribution in [0.25, 0.3) is 0 Å². The number of halogens is 1. The average molecular weight is 526 g/mol. The SMILES string of the molecule is CCNC(=O)[C@H](C)N(Cc1cccc(C)c1)C(=O)CN(c1ccc(F)cc1)S(=O)(=O)c1ccc(C)cc1. The molecule has 9 heteroatoms. The molecule has 0 heterocycles. The van der Waals surface area contributed by atoms with Gasteiger partial charge in [-0.3, -0.25) is 13.9 Å². The Labute approximate surface area is 218 Å². The van der Waals surface area contributed by atoms with Crippen molar-refractivity contribution in [3.63, 3.8) is 0 Å². The molecule has 0 aliphatic heterocycles. The Balaban J connectivity index is 2.02. The van der Waals surface area contributed by atoms with Gasteiger partial charge in [0.25, 0.3) is 10.0 Å². The molecule has 3 rings (SSSR count). The predicted octanol–water partition coefficient (Wildman–Crippen LogP) is 4.19. The van der Waals surface area contributed by atoms with E-state index in [4.69, 9.17) is 0 Å². The topological polar surface area (TPSA) is 86.8 Å². The maximum absolute atomic E-state index is 13.7. The first-order valence-electron chi connectivity index (χ1n) is 12.0. The molecule has 0 radical (unpaired) electrons. The molecule has 3 aromatic rings. The minimum Gasteiger partial charge on any atom is -0.355 e. The lowest BCUT2D eigenvalue weighted by molar-refractivity contribution is -0.139. The third kappa shape index (κ3) is 6.95. The van der Waals surface area contributed by atoms with E-state index in [-0.39, 0.29) is 23.0 Å². The summed E-state index contributed by atoms with van der Waals surface area (Å²) in [6, 6.07) is 17.8. The fraction of sp³-hybridized carbons (Fsp3) is 0.286. The predicted molar refractivity (Wildman–Crippen MR) is 142 cm³/mol. The molecule has 0 fully saturated rings. The highest BCUT2D eigenvalue weighted by Gasteiger charge is 2.32. The van der Waals surface area contributed by atoms with E-state index in [9.17, 15) is 22.4 Å². The van der Waals surface area contributed by atoms with Crippen molar-refractivity contribution in [2.75, 3.05) is 17.4 Å². The van der Waals surface area contributed by atoms with E-state index in [0.29, 0.717) is 6.54 Å². The van der Waals surface area contributed by atoms with E-state index in [1.54, 1.807) is 26.0 Å². The van der Waals surface area contributed by atoms with Crippen molar-refractivity contribution in [1.29, 1.82) is 0 Å². The van der Waals surface area contributed by atoms with E-state index in [2.05, 4.69) is 5.32 Å². The molecule has 0 saturated carbocycles. The molecule has 2 amide bonds. The Bertz CT molecular complexity index is 1340. The highest BCUT2D eigenvalue weighted by Crippen LogP contribution is 2.25. The Kier molecular flexibility index (Phi) is 9.04. The number of nitrogens with one attached hydrogen (secondary N) is 1. The first-order valence-corrected chi connectivity index (χ1v) is 13.4. The molecular weight excluding hydrogens is 493 g/mol. The summed E-state index contributed by atoms with van der Waals surface area (Å²) < 4.78 is 42.0. The van der Waals surface area contributed by atoms with Gasteiger partial charge in [0.2, 0.25) is 11.8 Å². The van der Waals surface area contributed by atoms with Crippen molar-refractivity contribution in [3.05, 3.63) is 95.3 Å². The molecule has 0 aliphatic rings. The average Bonchev–Trinajstić information content (AvgIpc) is 2.86. The zero-order valence-corrected chi connectivity index (χ0v) is 22.3. The summed E-state index contributed by atoms with van der Waals surface area (Å²) >= 11 is 0. The number of aryl methyl sites for hydroxylation is 2. The molecule has 0 unspecified atom stereocenters. The Morgan fingerprint density at radius 3 is 2.19 bits per heavy atom. The van der Waals surface area contributed by atoms with Crippen molar-refractivity contribution in [2.24, 2.45) is 0 Å². The van der Waals surface area contributed by atoms with Gasteiger partial charge in [0, 0.05) is 13.1 Å². The number of amides is 2. The lowest BCUT2D eigenvalue weighted by atomic mass is 10.1. The highest BCUT2D eigenvalue weighted by atomic mass is 32.2. The number of hydrogen-bond acceptors (Lipinski definition) is 4. The van der Waals surface area contributed by atoms with Crippen LogP contribution in [-0.4, -0.2) is 44.3 Å². The number of sulfonamides is 1. The van der Waals surface area contributed by atoms with Gasteiger partial charge in [0.15, 0.2) is 0 Å². The van der Waals surface area contributed by atoms with Gasteiger partial charge in [-0.15, -0.1) is 0 Å². The van der Waals surface area contributed by atoms with Crippen LogP contribution in [0.1, 0.15) is 30.5 Å². The molecule has 0 aliphatic carbocycles. The maximum Gasteiger partial charge on any atom is 0.264 e. The summed E-state index contributed by atoms with van der Waals surface area (Å²) in [5, 5.41) is 2.72. The minimum absolute atomic E-state index is 0.00256. The third-order valence-corrected chi connectivity index (χ3v) is 7.74.